The number of fused-ring (bicyclic) bond motifs is 2. The van der Waals surface area contributed by atoms with E-state index in [1.165, 1.54) is 4.57 Å². The van der Waals surface area contributed by atoms with Gasteiger partial charge in [-0.2, -0.15) is 0 Å². The first-order valence-corrected chi connectivity index (χ1v) is 11.2. The highest BCUT2D eigenvalue weighted by Crippen LogP contribution is 2.20. The first kappa shape index (κ1) is 18.1. The lowest BCUT2D eigenvalue weighted by Gasteiger charge is -2.19. The molecule has 27 heavy (non-hydrogen) atoms. The zero-order valence-electron chi connectivity index (χ0n) is 14.4. The highest BCUT2D eigenvalue weighted by molar-refractivity contribution is 7.99. The Bertz CT molecular complexity index is 1220. The second-order valence-electron chi connectivity index (χ2n) is 6.30. The first-order chi connectivity index (χ1) is 13.0. The van der Waals surface area contributed by atoms with Crippen LogP contribution in [0, 0.1) is 0 Å². The molecule has 8 nitrogen and oxygen atoms in total. The van der Waals surface area contributed by atoms with Crippen molar-refractivity contribution in [1.82, 2.24) is 18.5 Å². The second-order valence-corrected chi connectivity index (χ2v) is 9.47. The van der Waals surface area contributed by atoms with Gasteiger partial charge in [0, 0.05) is 37.3 Å². The van der Waals surface area contributed by atoms with E-state index >= 15 is 0 Å². The number of hydrogen-bond acceptors (Lipinski definition) is 6. The Morgan fingerprint density at radius 2 is 2.07 bits per heavy atom. The van der Waals surface area contributed by atoms with Gasteiger partial charge in [0.25, 0.3) is 5.56 Å². The van der Waals surface area contributed by atoms with Crippen LogP contribution in [0.1, 0.15) is 12.8 Å². The molecule has 0 radical (unpaired) electrons. The van der Waals surface area contributed by atoms with Crippen molar-refractivity contribution in [3.8, 4) is 0 Å². The third-order valence-electron chi connectivity index (χ3n) is 4.52. The second kappa shape index (κ2) is 7.01. The van der Waals surface area contributed by atoms with Gasteiger partial charge in [0.2, 0.25) is 0 Å². The number of hydrogen-bond donors (Lipinski definition) is 0. The minimum Gasteiger partial charge on any atom is -0.294 e. The number of nitrogens with zero attached hydrogens (tertiary/aromatic N) is 4. The summed E-state index contributed by atoms with van der Waals surface area (Å²) in [5.74, 6) is 0.690. The molecule has 3 aromatic rings. The summed E-state index contributed by atoms with van der Waals surface area (Å²) in [4.78, 5) is 29.1. The van der Waals surface area contributed by atoms with E-state index in [1.54, 1.807) is 18.0 Å². The van der Waals surface area contributed by atoms with Crippen LogP contribution in [-0.4, -0.2) is 38.4 Å². The Morgan fingerprint density at radius 1 is 1.22 bits per heavy atom. The minimum atomic E-state index is -3.54. The van der Waals surface area contributed by atoms with Crippen molar-refractivity contribution < 1.29 is 8.42 Å². The summed E-state index contributed by atoms with van der Waals surface area (Å²) < 4.78 is 28.5. The average molecular weight is 406 g/mol. The SMILES string of the molecule is O=c1cc2n(c(=O)n1CCCSc1cccc3nccn13)CCCS2(=O)=O. The van der Waals surface area contributed by atoms with Crippen molar-refractivity contribution in [2.75, 3.05) is 11.5 Å². The van der Waals surface area contributed by atoms with Crippen molar-refractivity contribution in [2.45, 2.75) is 36.0 Å². The normalized spacial score (nSPS) is 15.7. The molecule has 10 heteroatoms. The van der Waals surface area contributed by atoms with Gasteiger partial charge >= 0.3 is 5.69 Å². The fraction of sp³-hybridized carbons (Fsp3) is 0.353. The standard InChI is InChI=1S/C17H18N4O4S2/c22-14-12-16-21(8-3-11-27(16,24)25)17(23)20(14)7-2-10-26-15-5-1-4-13-18-6-9-19(13)15/h1,4-6,9,12H,2-3,7-8,10-11H2. The molecule has 3 aromatic heterocycles. The molecule has 1 aliphatic heterocycles. The highest BCUT2D eigenvalue weighted by Gasteiger charge is 2.26. The van der Waals surface area contributed by atoms with E-state index in [1.807, 2.05) is 28.8 Å². The van der Waals surface area contributed by atoms with Crippen LogP contribution in [0.5, 0.6) is 0 Å². The van der Waals surface area contributed by atoms with E-state index in [4.69, 9.17) is 0 Å². The fourth-order valence-electron chi connectivity index (χ4n) is 3.22. The lowest BCUT2D eigenvalue weighted by molar-refractivity contribution is 0.476. The van der Waals surface area contributed by atoms with Crippen LogP contribution >= 0.6 is 11.8 Å². The zero-order chi connectivity index (χ0) is 19.0. The predicted molar refractivity (Wildman–Crippen MR) is 102 cm³/mol. The van der Waals surface area contributed by atoms with Crippen LogP contribution < -0.4 is 11.2 Å². The van der Waals surface area contributed by atoms with E-state index in [9.17, 15) is 18.0 Å². The first-order valence-electron chi connectivity index (χ1n) is 8.60. The van der Waals surface area contributed by atoms with Crippen molar-refractivity contribution in [3.05, 3.63) is 57.5 Å². The summed E-state index contributed by atoms with van der Waals surface area (Å²) in [6, 6.07) is 6.93. The number of sulfone groups is 1. The summed E-state index contributed by atoms with van der Waals surface area (Å²) in [7, 11) is -3.54. The van der Waals surface area contributed by atoms with Crippen molar-refractivity contribution in [1.29, 1.82) is 0 Å². The molecule has 0 unspecified atom stereocenters. The lowest BCUT2D eigenvalue weighted by Crippen LogP contribution is -2.43. The molecule has 142 valence electrons. The number of imidazole rings is 1. The fourth-order valence-corrected chi connectivity index (χ4v) is 5.68. The van der Waals surface area contributed by atoms with Gasteiger partial charge in [-0.25, -0.2) is 18.2 Å². The van der Waals surface area contributed by atoms with Gasteiger partial charge in [0.05, 0.1) is 10.8 Å². The van der Waals surface area contributed by atoms with E-state index in [0.717, 1.165) is 21.3 Å². The molecule has 0 atom stereocenters. The average Bonchev–Trinajstić information content (AvgIpc) is 3.11. The van der Waals surface area contributed by atoms with Crippen molar-refractivity contribution in [3.63, 3.8) is 0 Å². The van der Waals surface area contributed by atoms with Crippen LogP contribution in [0.4, 0.5) is 0 Å². The smallest absolute Gasteiger partial charge is 0.294 e. The van der Waals surface area contributed by atoms with E-state index in [0.29, 0.717) is 25.1 Å². The summed E-state index contributed by atoms with van der Waals surface area (Å²) in [5.41, 5.74) is -0.230. The number of thioether (sulfide) groups is 1. The highest BCUT2D eigenvalue weighted by atomic mass is 32.2. The molecule has 0 saturated heterocycles. The van der Waals surface area contributed by atoms with Crippen LogP contribution in [-0.2, 0) is 22.9 Å². The van der Waals surface area contributed by atoms with Gasteiger partial charge in [-0.1, -0.05) is 6.07 Å². The summed E-state index contributed by atoms with van der Waals surface area (Å²) in [5, 5.41) is 0.881. The summed E-state index contributed by atoms with van der Waals surface area (Å²) in [6.45, 7) is 0.579. The molecule has 0 N–H and O–H groups in total. The van der Waals surface area contributed by atoms with Gasteiger partial charge in [-0.15, -0.1) is 11.8 Å². The van der Waals surface area contributed by atoms with Gasteiger partial charge in [-0.05, 0) is 25.0 Å². The van der Waals surface area contributed by atoms with Crippen LogP contribution in [0.25, 0.3) is 5.65 Å². The molecule has 0 saturated carbocycles. The quantitative estimate of drug-likeness (QED) is 0.357. The third-order valence-corrected chi connectivity index (χ3v) is 7.44. The summed E-state index contributed by atoms with van der Waals surface area (Å²) >= 11 is 1.62. The van der Waals surface area contributed by atoms with Gasteiger partial charge < -0.3 is 0 Å². The Balaban J connectivity index is 1.50. The minimum absolute atomic E-state index is 0.0215. The van der Waals surface area contributed by atoms with E-state index in [-0.39, 0.29) is 17.3 Å². The van der Waals surface area contributed by atoms with Crippen molar-refractivity contribution in [2.24, 2.45) is 0 Å². The maximum absolute atomic E-state index is 12.6. The maximum Gasteiger partial charge on any atom is 0.331 e. The molecule has 0 spiro atoms. The Hall–Kier alpha value is -2.33. The molecule has 0 aromatic carbocycles. The molecular formula is C17H18N4O4S2. The summed E-state index contributed by atoms with van der Waals surface area (Å²) in [6.07, 6.45) is 4.62. The molecular weight excluding hydrogens is 388 g/mol. The van der Waals surface area contributed by atoms with Crippen LogP contribution in [0.15, 0.2) is 56.3 Å². The number of pyridine rings is 1. The molecule has 0 fully saturated rings. The largest absolute Gasteiger partial charge is 0.331 e. The van der Waals surface area contributed by atoms with Crippen molar-refractivity contribution >= 4 is 27.2 Å². The van der Waals surface area contributed by atoms with E-state index in [2.05, 4.69) is 4.98 Å². The Morgan fingerprint density at radius 3 is 2.93 bits per heavy atom. The molecule has 0 aliphatic carbocycles. The number of rotatable bonds is 5. The Labute approximate surface area is 159 Å². The third kappa shape index (κ3) is 3.34. The van der Waals surface area contributed by atoms with Crippen LogP contribution in [0.2, 0.25) is 0 Å². The van der Waals surface area contributed by atoms with Gasteiger partial charge in [-0.3, -0.25) is 18.3 Å². The van der Waals surface area contributed by atoms with Gasteiger partial charge in [0.15, 0.2) is 9.84 Å². The van der Waals surface area contributed by atoms with E-state index < -0.39 is 21.1 Å². The lowest BCUT2D eigenvalue weighted by atomic mass is 10.4. The molecule has 0 bridgehead atoms. The maximum atomic E-state index is 12.6. The predicted octanol–water partition coefficient (Wildman–Crippen LogP) is 1.02. The Kier molecular flexibility index (Phi) is 4.68. The molecule has 1 aliphatic rings. The number of aromatic nitrogens is 4. The molecule has 0 amide bonds. The zero-order valence-corrected chi connectivity index (χ0v) is 16.1. The van der Waals surface area contributed by atoms with Gasteiger partial charge in [0.1, 0.15) is 10.7 Å². The molecule has 4 rings (SSSR count). The molecule has 4 heterocycles. The monoisotopic (exact) mass is 406 g/mol. The topological polar surface area (TPSA) is 95.4 Å². The van der Waals surface area contributed by atoms with Crippen LogP contribution in [0.3, 0.4) is 0 Å².